The molecular formula is C6H4BF4IN2. The molecule has 1 aromatic carbocycles. The van der Waals surface area contributed by atoms with Crippen molar-refractivity contribution in [1.82, 2.24) is 0 Å². The Kier molecular flexibility index (Phi) is 5.45. The summed E-state index contributed by atoms with van der Waals surface area (Å²) >= 11 is 2.11. The normalized spacial score (nSPS) is 9.71. The first-order valence-corrected chi connectivity index (χ1v) is 4.39. The highest BCUT2D eigenvalue weighted by molar-refractivity contribution is 14.1. The molecule has 1 rings (SSSR count). The zero-order valence-electron chi connectivity index (χ0n) is 6.67. The van der Waals surface area contributed by atoms with E-state index in [4.69, 9.17) is 5.39 Å². The fourth-order valence-electron chi connectivity index (χ4n) is 0.533. The molecule has 0 amide bonds. The van der Waals surface area contributed by atoms with Crippen molar-refractivity contribution in [3.63, 3.8) is 0 Å². The van der Waals surface area contributed by atoms with Gasteiger partial charge in [0.25, 0.3) is 0 Å². The monoisotopic (exact) mass is 318 g/mol. The predicted octanol–water partition coefficient (Wildman–Crippen LogP) is 4.08. The minimum absolute atomic E-state index is 0.623. The van der Waals surface area contributed by atoms with Gasteiger partial charge in [-0.25, -0.2) is 0 Å². The van der Waals surface area contributed by atoms with Gasteiger partial charge in [-0.15, -0.1) is 0 Å². The lowest BCUT2D eigenvalue weighted by molar-refractivity contribution is 0.368. The van der Waals surface area contributed by atoms with Crippen LogP contribution in [0, 0.1) is 8.96 Å². The third-order valence-electron chi connectivity index (χ3n) is 0.960. The molecule has 0 aliphatic heterocycles. The fraction of sp³-hybridized carbons (Fsp3) is 0. The molecular weight excluding hydrogens is 314 g/mol. The first-order valence-electron chi connectivity index (χ1n) is 3.31. The van der Waals surface area contributed by atoms with Crippen LogP contribution in [0.4, 0.5) is 23.0 Å². The first kappa shape index (κ1) is 13.2. The Labute approximate surface area is 91.2 Å². The Morgan fingerprint density at radius 2 is 1.57 bits per heavy atom. The molecule has 8 heteroatoms. The number of nitrogens with zero attached hydrogens (tertiary/aromatic N) is 2. The Morgan fingerprint density at radius 1 is 1.14 bits per heavy atom. The maximum Gasteiger partial charge on any atom is 0.673 e. The molecule has 0 aliphatic carbocycles. The smallest absolute Gasteiger partial charge is 0.418 e. The van der Waals surface area contributed by atoms with Crippen LogP contribution < -0.4 is 0 Å². The Bertz CT molecular complexity index is 329. The van der Waals surface area contributed by atoms with Gasteiger partial charge in [-0.3, -0.25) is 0 Å². The van der Waals surface area contributed by atoms with E-state index in [0.29, 0.717) is 5.69 Å². The van der Waals surface area contributed by atoms with E-state index in [-0.39, 0.29) is 0 Å². The summed E-state index contributed by atoms with van der Waals surface area (Å²) in [4.78, 5) is 3.06. The molecule has 0 N–H and O–H groups in total. The highest BCUT2D eigenvalue weighted by atomic mass is 127. The standard InChI is InChI=1S/C6H4IN2.BF4/c7-5-3-1-2-4-6(5)9-8;2-1(3,4)5/h1-4H;/q+1;-1. The van der Waals surface area contributed by atoms with Crippen molar-refractivity contribution < 1.29 is 17.3 Å². The van der Waals surface area contributed by atoms with Crippen molar-refractivity contribution in [1.29, 1.82) is 5.39 Å². The van der Waals surface area contributed by atoms with Crippen molar-refractivity contribution in [2.75, 3.05) is 0 Å². The minimum atomic E-state index is -6.00. The summed E-state index contributed by atoms with van der Waals surface area (Å²) in [6, 6.07) is 7.37. The van der Waals surface area contributed by atoms with Crippen molar-refractivity contribution in [2.45, 2.75) is 0 Å². The Hall–Kier alpha value is -0.845. The van der Waals surface area contributed by atoms with Crippen LogP contribution in [0.1, 0.15) is 0 Å². The molecule has 1 aromatic rings. The number of hydrogen-bond acceptors (Lipinski definition) is 1. The molecule has 0 bridgehead atoms. The maximum atomic E-state index is 9.75. The lowest BCUT2D eigenvalue weighted by Gasteiger charge is -1.94. The van der Waals surface area contributed by atoms with Gasteiger partial charge in [0.1, 0.15) is 3.57 Å². The summed E-state index contributed by atoms with van der Waals surface area (Å²) in [7, 11) is -6.00. The third kappa shape index (κ3) is 7.79. The van der Waals surface area contributed by atoms with E-state index in [1.807, 2.05) is 18.2 Å². The summed E-state index contributed by atoms with van der Waals surface area (Å²) in [5, 5.41) is 8.34. The van der Waals surface area contributed by atoms with E-state index in [1.165, 1.54) is 0 Å². The van der Waals surface area contributed by atoms with Gasteiger partial charge in [0.15, 0.2) is 4.98 Å². The molecule has 0 aromatic heterocycles. The summed E-state index contributed by atoms with van der Waals surface area (Å²) in [6.45, 7) is 0. The zero-order chi connectivity index (χ0) is 11.2. The van der Waals surface area contributed by atoms with Gasteiger partial charge in [-0.1, -0.05) is 12.1 Å². The number of rotatable bonds is 0. The molecule has 2 nitrogen and oxygen atoms in total. The highest BCUT2D eigenvalue weighted by Gasteiger charge is 2.20. The zero-order valence-corrected chi connectivity index (χ0v) is 8.83. The van der Waals surface area contributed by atoms with E-state index >= 15 is 0 Å². The van der Waals surface area contributed by atoms with Crippen LogP contribution in [-0.4, -0.2) is 7.25 Å². The topological polar surface area (TPSA) is 28.1 Å². The molecule has 0 heterocycles. The minimum Gasteiger partial charge on any atom is -0.418 e. The van der Waals surface area contributed by atoms with Crippen LogP contribution in [0.25, 0.3) is 4.98 Å². The predicted molar refractivity (Wildman–Crippen MR) is 54.1 cm³/mol. The van der Waals surface area contributed by atoms with Crippen LogP contribution in [0.5, 0.6) is 0 Å². The second kappa shape index (κ2) is 5.80. The van der Waals surface area contributed by atoms with Crippen molar-refractivity contribution in [3.05, 3.63) is 32.8 Å². The largest absolute Gasteiger partial charge is 0.673 e. The average molecular weight is 318 g/mol. The average Bonchev–Trinajstić information content (AvgIpc) is 2.02. The SMILES string of the molecule is F[B-](F)(F)F.N#[N+]c1ccccc1I. The maximum absolute atomic E-state index is 9.75. The lowest BCUT2D eigenvalue weighted by Crippen LogP contribution is -2.02. The van der Waals surface area contributed by atoms with Gasteiger partial charge < -0.3 is 17.3 Å². The lowest BCUT2D eigenvalue weighted by atomic mass is 10.3. The van der Waals surface area contributed by atoms with Crippen molar-refractivity contribution in [3.8, 4) is 0 Å². The van der Waals surface area contributed by atoms with Gasteiger partial charge in [-0.2, -0.15) is 0 Å². The second-order valence-corrected chi connectivity index (χ2v) is 3.21. The quantitative estimate of drug-likeness (QED) is 0.307. The van der Waals surface area contributed by atoms with Crippen LogP contribution >= 0.6 is 22.6 Å². The van der Waals surface area contributed by atoms with E-state index in [2.05, 4.69) is 27.6 Å². The molecule has 0 saturated heterocycles. The first-order chi connectivity index (χ1) is 6.34. The van der Waals surface area contributed by atoms with Crippen LogP contribution in [0.2, 0.25) is 0 Å². The number of hydrogen-bond donors (Lipinski definition) is 0. The van der Waals surface area contributed by atoms with Crippen molar-refractivity contribution in [2.24, 2.45) is 0 Å². The summed E-state index contributed by atoms with van der Waals surface area (Å²) in [6.07, 6.45) is 0. The molecule has 76 valence electrons. The van der Waals surface area contributed by atoms with Gasteiger partial charge in [-0.05, 0) is 28.7 Å². The fourth-order valence-corrected chi connectivity index (χ4v) is 1.03. The molecule has 0 atom stereocenters. The van der Waals surface area contributed by atoms with E-state index in [9.17, 15) is 17.3 Å². The van der Waals surface area contributed by atoms with Gasteiger partial charge in [0, 0.05) is 6.07 Å². The van der Waals surface area contributed by atoms with Crippen molar-refractivity contribution >= 4 is 35.5 Å². The molecule has 0 aliphatic rings. The summed E-state index contributed by atoms with van der Waals surface area (Å²) in [5.41, 5.74) is 0.623. The number of benzene rings is 1. The molecule has 0 saturated carbocycles. The number of diazo groups is 1. The summed E-state index contributed by atoms with van der Waals surface area (Å²) in [5.74, 6) is 0. The Morgan fingerprint density at radius 3 is 1.86 bits per heavy atom. The Balaban J connectivity index is 0.000000292. The molecule has 0 radical (unpaired) electrons. The van der Waals surface area contributed by atoms with Crippen LogP contribution in [-0.2, 0) is 0 Å². The molecule has 14 heavy (non-hydrogen) atoms. The second-order valence-electron chi connectivity index (χ2n) is 2.05. The molecule has 0 fully saturated rings. The van der Waals surface area contributed by atoms with Gasteiger partial charge in [0.05, 0.1) is 0 Å². The van der Waals surface area contributed by atoms with Crippen LogP contribution in [0.3, 0.4) is 0 Å². The molecule has 0 unspecified atom stereocenters. The van der Waals surface area contributed by atoms with Gasteiger partial charge >= 0.3 is 12.9 Å². The number of halogens is 5. The third-order valence-corrected chi connectivity index (χ3v) is 1.87. The van der Waals surface area contributed by atoms with E-state index in [1.54, 1.807) is 6.07 Å². The van der Waals surface area contributed by atoms with E-state index < -0.39 is 7.25 Å². The highest BCUT2D eigenvalue weighted by Crippen LogP contribution is 2.19. The molecule has 0 spiro atoms. The van der Waals surface area contributed by atoms with Gasteiger partial charge in [0.2, 0.25) is 5.39 Å². The summed E-state index contributed by atoms with van der Waals surface area (Å²) < 4.78 is 40.0. The van der Waals surface area contributed by atoms with Crippen LogP contribution in [0.15, 0.2) is 24.3 Å². The van der Waals surface area contributed by atoms with E-state index in [0.717, 1.165) is 3.57 Å².